The molecule has 27 heavy (non-hydrogen) atoms. The van der Waals surface area contributed by atoms with Crippen LogP contribution in [0.2, 0.25) is 0 Å². The number of hydrogen-bond acceptors (Lipinski definition) is 5. The normalized spacial score (nSPS) is 18.0. The third-order valence-electron chi connectivity index (χ3n) is 5.75. The number of rotatable bonds is 2. The first kappa shape index (κ1) is 16.5. The first-order chi connectivity index (χ1) is 13.2. The fourth-order valence-electron chi connectivity index (χ4n) is 4.23. The number of likely N-dealkylation sites (tertiary alicyclic amines) is 1. The van der Waals surface area contributed by atoms with E-state index in [2.05, 4.69) is 20.1 Å². The molecule has 0 radical (unpaired) electrons. The number of piperidine rings is 1. The molecule has 2 aliphatic heterocycles. The second-order valence-electron chi connectivity index (χ2n) is 7.47. The predicted octanol–water partition coefficient (Wildman–Crippen LogP) is 2.46. The van der Waals surface area contributed by atoms with E-state index >= 15 is 0 Å². The second kappa shape index (κ2) is 6.49. The Kier molecular flexibility index (Phi) is 3.97. The molecule has 7 nitrogen and oxygen atoms in total. The van der Waals surface area contributed by atoms with Crippen LogP contribution in [0.1, 0.15) is 46.5 Å². The van der Waals surface area contributed by atoms with Crippen molar-refractivity contribution in [1.82, 2.24) is 25.0 Å². The van der Waals surface area contributed by atoms with Crippen LogP contribution in [0.3, 0.4) is 0 Å². The van der Waals surface area contributed by atoms with Crippen molar-refractivity contribution < 1.29 is 9.21 Å². The average Bonchev–Trinajstić information content (AvgIpc) is 3.33. The van der Waals surface area contributed by atoms with E-state index in [4.69, 9.17) is 4.42 Å². The van der Waals surface area contributed by atoms with Gasteiger partial charge < -0.3 is 19.2 Å². The lowest BCUT2D eigenvalue weighted by Gasteiger charge is -2.31. The molecule has 140 valence electrons. The van der Waals surface area contributed by atoms with E-state index < -0.39 is 0 Å². The zero-order chi connectivity index (χ0) is 18.4. The molecule has 1 amide bonds. The average molecular weight is 365 g/mol. The molecular formula is C20H23N5O2. The van der Waals surface area contributed by atoms with E-state index in [1.54, 1.807) is 0 Å². The lowest BCUT2D eigenvalue weighted by Crippen LogP contribution is -2.38. The molecule has 7 heteroatoms. The summed E-state index contributed by atoms with van der Waals surface area (Å²) in [6, 6.07) is 7.83. The fraction of sp³-hybridized carbons (Fsp3) is 0.450. The van der Waals surface area contributed by atoms with E-state index in [1.165, 1.54) is 0 Å². The van der Waals surface area contributed by atoms with Crippen molar-refractivity contribution in [2.45, 2.75) is 38.8 Å². The Labute approximate surface area is 157 Å². The predicted molar refractivity (Wildman–Crippen MR) is 101 cm³/mol. The fourth-order valence-corrected chi connectivity index (χ4v) is 4.23. The van der Waals surface area contributed by atoms with Crippen LogP contribution in [0.5, 0.6) is 0 Å². The van der Waals surface area contributed by atoms with Gasteiger partial charge in [-0.15, -0.1) is 10.2 Å². The van der Waals surface area contributed by atoms with Gasteiger partial charge in [0.25, 0.3) is 5.91 Å². The van der Waals surface area contributed by atoms with Gasteiger partial charge in [0.05, 0.1) is 6.54 Å². The van der Waals surface area contributed by atoms with Crippen LogP contribution in [0.25, 0.3) is 11.0 Å². The molecule has 3 aromatic rings. The van der Waals surface area contributed by atoms with Crippen molar-refractivity contribution >= 4 is 16.9 Å². The summed E-state index contributed by atoms with van der Waals surface area (Å²) in [6.45, 7) is 6.12. The summed E-state index contributed by atoms with van der Waals surface area (Å²) in [6.07, 6.45) is 1.83. The number of para-hydroxylation sites is 1. The number of hydrogen-bond donors (Lipinski definition) is 1. The lowest BCUT2D eigenvalue weighted by molar-refractivity contribution is 0.0680. The van der Waals surface area contributed by atoms with Crippen molar-refractivity contribution in [2.24, 2.45) is 0 Å². The molecular weight excluding hydrogens is 342 g/mol. The number of nitrogens with one attached hydrogen (secondary N) is 1. The van der Waals surface area contributed by atoms with E-state index in [0.717, 1.165) is 73.7 Å². The Bertz CT molecular complexity index is 997. The number of furan rings is 1. The SMILES string of the molecule is Cc1cccc2cc(C(=O)N3CCC(c4nnc5n4CCNC5)CC3)oc12. The summed E-state index contributed by atoms with van der Waals surface area (Å²) in [5.74, 6) is 2.89. The highest BCUT2D eigenvalue weighted by Gasteiger charge is 2.30. The molecule has 1 fully saturated rings. The molecule has 2 aliphatic rings. The van der Waals surface area contributed by atoms with Crippen LogP contribution < -0.4 is 5.32 Å². The third kappa shape index (κ3) is 2.82. The van der Waals surface area contributed by atoms with Crippen LogP contribution in [0, 0.1) is 6.92 Å². The molecule has 5 rings (SSSR count). The van der Waals surface area contributed by atoms with Gasteiger partial charge in [-0.05, 0) is 31.4 Å². The Balaban J connectivity index is 1.30. The molecule has 0 aliphatic carbocycles. The number of aromatic nitrogens is 3. The number of benzene rings is 1. The van der Waals surface area contributed by atoms with E-state index in [-0.39, 0.29) is 5.91 Å². The van der Waals surface area contributed by atoms with Gasteiger partial charge in [-0.1, -0.05) is 18.2 Å². The first-order valence-electron chi connectivity index (χ1n) is 9.62. The van der Waals surface area contributed by atoms with Crippen LogP contribution in [-0.2, 0) is 13.1 Å². The maximum atomic E-state index is 12.9. The third-order valence-corrected chi connectivity index (χ3v) is 5.75. The number of fused-ring (bicyclic) bond motifs is 2. The molecule has 1 aromatic carbocycles. The highest BCUT2D eigenvalue weighted by atomic mass is 16.3. The van der Waals surface area contributed by atoms with Crippen molar-refractivity contribution in [3.8, 4) is 0 Å². The van der Waals surface area contributed by atoms with Crippen molar-refractivity contribution in [2.75, 3.05) is 19.6 Å². The largest absolute Gasteiger partial charge is 0.451 e. The molecule has 0 atom stereocenters. The minimum atomic E-state index is -0.0171. The number of carbonyl (C=O) groups excluding carboxylic acids is 1. The van der Waals surface area contributed by atoms with E-state index in [9.17, 15) is 4.79 Å². The van der Waals surface area contributed by atoms with Gasteiger partial charge in [0, 0.05) is 37.5 Å². The quantitative estimate of drug-likeness (QED) is 0.755. The number of aryl methyl sites for hydroxylation is 1. The van der Waals surface area contributed by atoms with Gasteiger partial charge in [0.15, 0.2) is 5.76 Å². The highest BCUT2D eigenvalue weighted by molar-refractivity contribution is 5.96. The summed E-state index contributed by atoms with van der Waals surface area (Å²) >= 11 is 0. The summed E-state index contributed by atoms with van der Waals surface area (Å²) in [5.41, 5.74) is 1.86. The molecule has 1 saturated heterocycles. The summed E-state index contributed by atoms with van der Waals surface area (Å²) in [4.78, 5) is 14.8. The summed E-state index contributed by atoms with van der Waals surface area (Å²) < 4.78 is 8.11. The van der Waals surface area contributed by atoms with E-state index in [1.807, 2.05) is 36.1 Å². The van der Waals surface area contributed by atoms with Crippen molar-refractivity contribution in [3.05, 3.63) is 47.2 Å². The minimum Gasteiger partial charge on any atom is -0.451 e. The second-order valence-corrected chi connectivity index (χ2v) is 7.47. The topological polar surface area (TPSA) is 76.2 Å². The molecule has 1 N–H and O–H groups in total. The zero-order valence-electron chi connectivity index (χ0n) is 15.4. The maximum Gasteiger partial charge on any atom is 0.289 e. The van der Waals surface area contributed by atoms with Gasteiger partial charge in [-0.25, -0.2) is 0 Å². The standard InChI is InChI=1S/C20H23N5O2/c1-13-3-2-4-15-11-16(27-18(13)15)20(26)24-8-5-14(6-9-24)19-23-22-17-12-21-7-10-25(17)19/h2-4,11,14,21H,5-10,12H2,1H3. The van der Waals surface area contributed by atoms with Gasteiger partial charge in [-0.2, -0.15) is 0 Å². The van der Waals surface area contributed by atoms with Crippen LogP contribution in [0.4, 0.5) is 0 Å². The number of carbonyl (C=O) groups is 1. The molecule has 0 saturated carbocycles. The molecule has 2 aromatic heterocycles. The van der Waals surface area contributed by atoms with Crippen molar-refractivity contribution in [3.63, 3.8) is 0 Å². The monoisotopic (exact) mass is 365 g/mol. The molecule has 4 heterocycles. The Hall–Kier alpha value is -2.67. The summed E-state index contributed by atoms with van der Waals surface area (Å²) in [7, 11) is 0. The van der Waals surface area contributed by atoms with Gasteiger partial charge in [-0.3, -0.25) is 4.79 Å². The first-order valence-corrected chi connectivity index (χ1v) is 9.62. The molecule has 0 unspecified atom stereocenters. The van der Waals surface area contributed by atoms with Gasteiger partial charge in [0.1, 0.15) is 17.2 Å². The Morgan fingerprint density at radius 1 is 1.22 bits per heavy atom. The van der Waals surface area contributed by atoms with E-state index in [0.29, 0.717) is 11.7 Å². The van der Waals surface area contributed by atoms with Crippen LogP contribution in [-0.4, -0.2) is 45.2 Å². The minimum absolute atomic E-state index is 0.0171. The van der Waals surface area contributed by atoms with Gasteiger partial charge in [0.2, 0.25) is 0 Å². The smallest absolute Gasteiger partial charge is 0.289 e. The molecule has 0 spiro atoms. The summed E-state index contributed by atoms with van der Waals surface area (Å²) in [5, 5.41) is 13.1. The number of nitrogens with zero attached hydrogens (tertiary/aromatic N) is 4. The molecule has 0 bridgehead atoms. The van der Waals surface area contributed by atoms with Crippen LogP contribution in [0.15, 0.2) is 28.7 Å². The maximum absolute atomic E-state index is 12.9. The Morgan fingerprint density at radius 3 is 2.89 bits per heavy atom. The van der Waals surface area contributed by atoms with Crippen molar-refractivity contribution in [1.29, 1.82) is 0 Å². The Morgan fingerprint density at radius 2 is 2.07 bits per heavy atom. The van der Waals surface area contributed by atoms with Crippen LogP contribution >= 0.6 is 0 Å². The zero-order valence-corrected chi connectivity index (χ0v) is 15.4. The lowest BCUT2D eigenvalue weighted by atomic mass is 9.95. The number of amides is 1. The highest BCUT2D eigenvalue weighted by Crippen LogP contribution is 2.30. The van der Waals surface area contributed by atoms with Gasteiger partial charge >= 0.3 is 0 Å².